The maximum Gasteiger partial charge on any atom is 0.416 e. The van der Waals surface area contributed by atoms with E-state index in [9.17, 15) is 105 Å². The molecular weight excluding hydrogens is 926 g/mol. The summed E-state index contributed by atoms with van der Waals surface area (Å²) in [4.78, 5) is 0. The molecule has 0 N–H and O–H groups in total. The van der Waals surface area contributed by atoms with Gasteiger partial charge >= 0.3 is 49.4 Å². The summed E-state index contributed by atoms with van der Waals surface area (Å²) in [6.07, 6.45) is -48.9. The van der Waals surface area contributed by atoms with Crippen LogP contribution in [0.15, 0.2) is 72.8 Å². The molecule has 0 atom stereocenters. The van der Waals surface area contributed by atoms with E-state index >= 15 is 0 Å². The van der Waals surface area contributed by atoms with Crippen LogP contribution in [0.1, 0.15) is 44.5 Å². The van der Waals surface area contributed by atoms with Gasteiger partial charge < -0.3 is 0 Å². The molecule has 0 radical (unpaired) electrons. The van der Waals surface area contributed by atoms with Crippen LogP contribution in [0.3, 0.4) is 0 Å². The van der Waals surface area contributed by atoms with Crippen LogP contribution in [0.5, 0.6) is 0 Å². The SMILES string of the molecule is FC(F)(F)c1cc(P(CCP(c2cc(C(F)(F)F)cc(C(F)(F)F)c2)c2cc(C(F)(F)F)cc(C(F)(F)F)c2)c2cc(C(F)(F)F)cc(C(F)(F)F)c2)cc(C(F)(F)F)c1. The Labute approximate surface area is 321 Å². The molecule has 26 heteroatoms. The number of rotatable bonds is 7. The van der Waals surface area contributed by atoms with Gasteiger partial charge in [-0.05, 0) is 122 Å². The van der Waals surface area contributed by atoms with Crippen molar-refractivity contribution in [3.63, 3.8) is 0 Å². The zero-order chi connectivity index (χ0) is 46.0. The summed E-state index contributed by atoms with van der Waals surface area (Å²) in [5, 5.41) is -5.46. The lowest BCUT2D eigenvalue weighted by atomic mass is 10.1. The van der Waals surface area contributed by atoms with Crippen molar-refractivity contribution in [2.75, 3.05) is 12.3 Å². The van der Waals surface area contributed by atoms with E-state index in [-0.39, 0.29) is 48.5 Å². The van der Waals surface area contributed by atoms with E-state index in [0.717, 1.165) is 0 Å². The lowest BCUT2D eigenvalue weighted by Crippen LogP contribution is -2.26. The molecule has 0 bridgehead atoms. The van der Waals surface area contributed by atoms with Gasteiger partial charge in [0.15, 0.2) is 0 Å². The second-order valence-electron chi connectivity index (χ2n) is 12.4. The van der Waals surface area contributed by atoms with Crippen LogP contribution in [0.25, 0.3) is 0 Å². The summed E-state index contributed by atoms with van der Waals surface area (Å²) in [5.74, 6) is 0. The van der Waals surface area contributed by atoms with E-state index in [2.05, 4.69) is 0 Å². The highest BCUT2D eigenvalue weighted by molar-refractivity contribution is 7.76. The lowest BCUT2D eigenvalue weighted by molar-refractivity contribution is -0.144. The van der Waals surface area contributed by atoms with Gasteiger partial charge in [0.05, 0.1) is 44.5 Å². The van der Waals surface area contributed by atoms with E-state index in [1.165, 1.54) is 0 Å². The first-order chi connectivity index (χ1) is 26.8. The molecule has 60 heavy (non-hydrogen) atoms. The molecule has 0 fully saturated rings. The van der Waals surface area contributed by atoms with Crippen LogP contribution in [0.2, 0.25) is 0 Å². The minimum Gasteiger partial charge on any atom is -0.166 e. The average molecular weight is 942 g/mol. The quantitative estimate of drug-likeness (QED) is 0.128. The average Bonchev–Trinajstić information content (AvgIpc) is 3.06. The third kappa shape index (κ3) is 11.9. The summed E-state index contributed by atoms with van der Waals surface area (Å²) in [5.41, 5.74) is -17.7. The van der Waals surface area contributed by atoms with Gasteiger partial charge in [-0.3, -0.25) is 0 Å². The van der Waals surface area contributed by atoms with Gasteiger partial charge in [-0.15, -0.1) is 0 Å². The Hall–Kier alpha value is -3.94. The molecule has 0 amide bonds. The third-order valence-corrected chi connectivity index (χ3v) is 13.3. The highest BCUT2D eigenvalue weighted by Gasteiger charge is 2.43. The minimum atomic E-state index is -5.74. The Morgan fingerprint density at radius 1 is 0.217 bits per heavy atom. The van der Waals surface area contributed by atoms with Crippen molar-refractivity contribution in [3.05, 3.63) is 117 Å². The van der Waals surface area contributed by atoms with Crippen LogP contribution < -0.4 is 21.2 Å². The molecule has 0 unspecified atom stereocenters. The van der Waals surface area contributed by atoms with Crippen molar-refractivity contribution >= 4 is 37.1 Å². The van der Waals surface area contributed by atoms with Crippen LogP contribution in [0, 0.1) is 0 Å². The Kier molecular flexibility index (Phi) is 13.1. The molecule has 4 aromatic rings. The number of hydrogen-bond donors (Lipinski definition) is 0. The topological polar surface area (TPSA) is 0 Å². The maximum absolute atomic E-state index is 13.9. The molecule has 0 saturated carbocycles. The van der Waals surface area contributed by atoms with Crippen LogP contribution >= 0.6 is 15.8 Å². The van der Waals surface area contributed by atoms with E-state index in [1.54, 1.807) is 0 Å². The molecule has 330 valence electrons. The highest BCUT2D eigenvalue weighted by Crippen LogP contribution is 2.48. The van der Waals surface area contributed by atoms with Gasteiger partial charge in [0.25, 0.3) is 0 Å². The highest BCUT2D eigenvalue weighted by atomic mass is 31.1. The first kappa shape index (κ1) is 48.7. The largest absolute Gasteiger partial charge is 0.416 e. The Morgan fingerprint density at radius 3 is 0.433 bits per heavy atom. The number of hydrogen-bond acceptors (Lipinski definition) is 0. The molecule has 0 aliphatic rings. The first-order valence-electron chi connectivity index (χ1n) is 15.5. The predicted molar refractivity (Wildman–Crippen MR) is 168 cm³/mol. The van der Waals surface area contributed by atoms with Gasteiger partial charge in [0.2, 0.25) is 0 Å². The molecule has 4 rings (SSSR count). The zero-order valence-corrected chi connectivity index (χ0v) is 30.1. The van der Waals surface area contributed by atoms with E-state index < -0.39 is 168 Å². The third-order valence-electron chi connectivity index (χ3n) is 8.08. The minimum absolute atomic E-state index is 0.172. The molecule has 0 saturated heterocycles. The zero-order valence-electron chi connectivity index (χ0n) is 28.3. The number of alkyl halides is 24. The fourth-order valence-electron chi connectivity index (χ4n) is 5.39. The molecule has 0 heterocycles. The summed E-state index contributed by atoms with van der Waals surface area (Å²) < 4.78 is 334. The smallest absolute Gasteiger partial charge is 0.166 e. The second kappa shape index (κ2) is 16.1. The summed E-state index contributed by atoms with van der Waals surface area (Å²) in [6.45, 7) is 0. The van der Waals surface area contributed by atoms with Crippen molar-refractivity contribution in [3.8, 4) is 0 Å². The Balaban J connectivity index is 2.16. The van der Waals surface area contributed by atoms with Crippen molar-refractivity contribution in [1.29, 1.82) is 0 Å². The van der Waals surface area contributed by atoms with Crippen molar-refractivity contribution in [1.82, 2.24) is 0 Å². The van der Waals surface area contributed by atoms with Crippen molar-refractivity contribution in [2.45, 2.75) is 49.4 Å². The Bertz CT molecular complexity index is 1740. The molecular formula is C34H16F24P2. The van der Waals surface area contributed by atoms with Gasteiger partial charge in [0.1, 0.15) is 0 Å². The van der Waals surface area contributed by atoms with E-state index in [0.29, 0.717) is 0 Å². The molecule has 0 spiro atoms. The standard InChI is InChI=1S/C34H16F24P2/c35-27(36,37)15-3-16(28(38,39)40)8-23(7-15)59(24-9-17(29(41,42)43)4-18(10-24)30(44,45)46)1-2-60(25-11-19(31(47,48)49)5-20(12-25)32(50,51)52)26-13-21(33(53,54)55)6-22(14-26)34(56,57)58/h3-14H,1-2H2. The fraction of sp³-hybridized carbons (Fsp3) is 0.294. The van der Waals surface area contributed by atoms with Gasteiger partial charge in [0, 0.05) is 0 Å². The van der Waals surface area contributed by atoms with Crippen molar-refractivity contribution < 1.29 is 105 Å². The Morgan fingerprint density at radius 2 is 0.333 bits per heavy atom. The molecule has 0 nitrogen and oxygen atoms in total. The summed E-state index contributed by atoms with van der Waals surface area (Å²) in [6, 6.07) is -3.49. The predicted octanol–water partition coefficient (Wildman–Crippen LogP) is 13.4. The van der Waals surface area contributed by atoms with E-state index in [4.69, 9.17) is 0 Å². The summed E-state index contributed by atoms with van der Waals surface area (Å²) in [7, 11) is -7.22. The van der Waals surface area contributed by atoms with Crippen LogP contribution in [0.4, 0.5) is 105 Å². The molecule has 0 aliphatic heterocycles. The first-order valence-corrected chi connectivity index (χ1v) is 18.5. The lowest BCUT2D eigenvalue weighted by Gasteiger charge is -2.28. The monoisotopic (exact) mass is 942 g/mol. The normalized spacial score (nSPS) is 14.1. The van der Waals surface area contributed by atoms with Crippen LogP contribution in [-0.2, 0) is 49.4 Å². The van der Waals surface area contributed by atoms with Gasteiger partial charge in [-0.2, -0.15) is 105 Å². The maximum atomic E-state index is 13.9. The van der Waals surface area contributed by atoms with Gasteiger partial charge in [-0.1, -0.05) is 0 Å². The van der Waals surface area contributed by atoms with E-state index in [1.807, 2.05) is 0 Å². The second-order valence-corrected chi connectivity index (χ2v) is 17.0. The molecule has 4 aromatic carbocycles. The summed E-state index contributed by atoms with van der Waals surface area (Å²) >= 11 is 0. The number of halogens is 24. The number of benzene rings is 4. The fourth-order valence-corrected chi connectivity index (χ4v) is 11.0. The van der Waals surface area contributed by atoms with Crippen LogP contribution in [-0.4, -0.2) is 12.3 Å². The molecule has 0 aromatic heterocycles. The molecule has 0 aliphatic carbocycles. The van der Waals surface area contributed by atoms with Crippen molar-refractivity contribution in [2.24, 2.45) is 0 Å². The van der Waals surface area contributed by atoms with Gasteiger partial charge in [-0.25, -0.2) is 0 Å².